The predicted molar refractivity (Wildman–Crippen MR) is 116 cm³/mol. The number of benzene rings is 2. The Hall–Kier alpha value is -3.19. The molecule has 2 atom stereocenters. The number of methoxy groups -OCH3 is 3. The van der Waals surface area contributed by atoms with Crippen LogP contribution in [-0.2, 0) is 11.2 Å². The largest absolute Gasteiger partial charge is 0.493 e. The Morgan fingerprint density at radius 2 is 1.94 bits per heavy atom. The summed E-state index contributed by atoms with van der Waals surface area (Å²) in [6, 6.07) is 7.58. The van der Waals surface area contributed by atoms with Gasteiger partial charge >= 0.3 is 0 Å². The Morgan fingerprint density at radius 1 is 1.13 bits per heavy atom. The van der Waals surface area contributed by atoms with E-state index in [-0.39, 0.29) is 18.6 Å². The van der Waals surface area contributed by atoms with E-state index in [2.05, 4.69) is 7.05 Å². The van der Waals surface area contributed by atoms with E-state index in [9.17, 15) is 4.79 Å². The van der Waals surface area contributed by atoms with Crippen LogP contribution in [0.3, 0.4) is 0 Å². The number of quaternary nitrogens is 1. The maximum atomic E-state index is 12.9. The number of likely N-dealkylation sites (N-methyl/N-ethyl adjacent to an activating group) is 1. The van der Waals surface area contributed by atoms with Gasteiger partial charge in [-0.15, -0.1) is 0 Å². The summed E-state index contributed by atoms with van der Waals surface area (Å²) in [4.78, 5) is 14.2. The van der Waals surface area contributed by atoms with Crippen LogP contribution in [0.4, 0.5) is 0 Å². The molecule has 4 rings (SSSR count). The molecule has 2 aliphatic rings. The number of fused-ring (bicyclic) bond motifs is 2. The second-order valence-electron chi connectivity index (χ2n) is 7.73. The molecule has 0 saturated carbocycles. The summed E-state index contributed by atoms with van der Waals surface area (Å²) in [5, 5.41) is 0. The normalized spacial score (nSPS) is 19.2. The zero-order valence-electron chi connectivity index (χ0n) is 18.3. The van der Waals surface area contributed by atoms with Crippen molar-refractivity contribution in [3.8, 4) is 28.7 Å². The Bertz CT molecular complexity index is 1020. The van der Waals surface area contributed by atoms with Crippen molar-refractivity contribution in [2.75, 3.05) is 41.7 Å². The van der Waals surface area contributed by atoms with Crippen molar-refractivity contribution in [2.24, 2.45) is 0 Å². The van der Waals surface area contributed by atoms with Gasteiger partial charge in [0.05, 0.1) is 46.9 Å². The Labute approximate surface area is 182 Å². The average molecular weight is 426 g/mol. The van der Waals surface area contributed by atoms with Crippen molar-refractivity contribution in [3.05, 3.63) is 47.0 Å². The summed E-state index contributed by atoms with van der Waals surface area (Å²) in [6.07, 6.45) is 4.71. The molecule has 1 unspecified atom stereocenters. The van der Waals surface area contributed by atoms with Gasteiger partial charge in [0, 0.05) is 6.42 Å². The third-order valence-electron chi connectivity index (χ3n) is 5.95. The smallest absolute Gasteiger partial charge is 0.231 e. The zero-order chi connectivity index (χ0) is 22.0. The highest BCUT2D eigenvalue weighted by atomic mass is 16.7. The minimum atomic E-state index is -0.0178. The molecule has 1 N–H and O–H groups in total. The molecule has 164 valence electrons. The van der Waals surface area contributed by atoms with E-state index in [1.165, 1.54) is 4.90 Å². The molecule has 0 saturated heterocycles. The lowest BCUT2D eigenvalue weighted by atomic mass is 9.88. The summed E-state index contributed by atoms with van der Waals surface area (Å²) in [7, 11) is 6.94. The minimum absolute atomic E-state index is 0.0178. The van der Waals surface area contributed by atoms with E-state index >= 15 is 0 Å². The van der Waals surface area contributed by atoms with Gasteiger partial charge in [-0.1, -0.05) is 12.1 Å². The first-order valence-electron chi connectivity index (χ1n) is 10.3. The zero-order valence-corrected chi connectivity index (χ0v) is 18.3. The van der Waals surface area contributed by atoms with E-state index in [1.807, 2.05) is 24.3 Å². The number of rotatable bonds is 7. The lowest BCUT2D eigenvalue weighted by molar-refractivity contribution is -0.914. The van der Waals surface area contributed by atoms with Gasteiger partial charge in [0.25, 0.3) is 0 Å². The van der Waals surface area contributed by atoms with Crippen molar-refractivity contribution in [1.29, 1.82) is 0 Å². The van der Waals surface area contributed by atoms with Crippen LogP contribution in [0.1, 0.15) is 29.2 Å². The number of nitrogens with one attached hydrogen (secondary N) is 1. The Kier molecular flexibility index (Phi) is 6.04. The fourth-order valence-corrected chi connectivity index (χ4v) is 4.31. The average Bonchev–Trinajstić information content (AvgIpc) is 3.26. The molecule has 2 aromatic rings. The van der Waals surface area contributed by atoms with Gasteiger partial charge < -0.3 is 28.6 Å². The highest BCUT2D eigenvalue weighted by molar-refractivity contribution is 5.94. The summed E-state index contributed by atoms with van der Waals surface area (Å²) in [6.45, 7) is 1.13. The standard InChI is InChI=1S/C24H27NO6/c1-25-10-9-16-12-21-23(31-14-30-21)24(29-4)22(16)18(25)13-17(26)7-5-15-6-8-19(27-2)20(11-15)28-3/h5-8,11-12,18H,9-10,13-14H2,1-4H3/p+1/b7-5+/t18-/m1/s1. The van der Waals surface area contributed by atoms with Crippen molar-refractivity contribution in [3.63, 3.8) is 0 Å². The van der Waals surface area contributed by atoms with E-state index in [4.69, 9.17) is 23.7 Å². The molecule has 7 heteroatoms. The molecule has 2 heterocycles. The van der Waals surface area contributed by atoms with Gasteiger partial charge in [-0.2, -0.15) is 0 Å². The lowest BCUT2D eigenvalue weighted by Gasteiger charge is -2.32. The van der Waals surface area contributed by atoms with E-state index in [1.54, 1.807) is 33.5 Å². The molecule has 0 radical (unpaired) electrons. The van der Waals surface area contributed by atoms with Gasteiger partial charge in [0.15, 0.2) is 28.8 Å². The molecular formula is C24H28NO6+. The van der Waals surface area contributed by atoms with Crippen LogP contribution in [0, 0.1) is 0 Å². The molecule has 0 spiro atoms. The van der Waals surface area contributed by atoms with Crippen molar-refractivity contribution < 1.29 is 33.4 Å². The first-order chi connectivity index (χ1) is 15.0. The number of hydrogen-bond donors (Lipinski definition) is 1. The highest BCUT2D eigenvalue weighted by Gasteiger charge is 2.37. The molecule has 2 aromatic carbocycles. The minimum Gasteiger partial charge on any atom is -0.493 e. The summed E-state index contributed by atoms with van der Waals surface area (Å²) < 4.78 is 27.5. The van der Waals surface area contributed by atoms with Crippen LogP contribution in [0.25, 0.3) is 6.08 Å². The fraction of sp³-hybridized carbons (Fsp3) is 0.375. The van der Waals surface area contributed by atoms with Crippen LogP contribution in [0.2, 0.25) is 0 Å². The number of allylic oxidation sites excluding steroid dienone is 1. The van der Waals surface area contributed by atoms with Crippen molar-refractivity contribution in [2.45, 2.75) is 18.9 Å². The van der Waals surface area contributed by atoms with Gasteiger partial charge in [-0.3, -0.25) is 4.79 Å². The quantitative estimate of drug-likeness (QED) is 0.685. The fourth-order valence-electron chi connectivity index (χ4n) is 4.31. The lowest BCUT2D eigenvalue weighted by Crippen LogP contribution is -3.10. The molecule has 7 nitrogen and oxygen atoms in total. The first-order valence-corrected chi connectivity index (χ1v) is 10.3. The predicted octanol–water partition coefficient (Wildman–Crippen LogP) is 2.23. The van der Waals surface area contributed by atoms with Crippen LogP contribution < -0.4 is 28.6 Å². The topological polar surface area (TPSA) is 67.7 Å². The number of ketones is 1. The van der Waals surface area contributed by atoms with E-state index < -0.39 is 0 Å². The molecule has 0 aliphatic carbocycles. The molecule has 2 aliphatic heterocycles. The summed E-state index contributed by atoms with van der Waals surface area (Å²) >= 11 is 0. The molecule has 0 bridgehead atoms. The number of ether oxygens (including phenoxy) is 5. The maximum absolute atomic E-state index is 12.9. The summed E-state index contributed by atoms with van der Waals surface area (Å²) in [5.74, 6) is 3.37. The second kappa shape index (κ2) is 8.89. The van der Waals surface area contributed by atoms with Gasteiger partial charge in [0.2, 0.25) is 12.5 Å². The maximum Gasteiger partial charge on any atom is 0.231 e. The number of hydrogen-bond acceptors (Lipinski definition) is 6. The van der Waals surface area contributed by atoms with Crippen molar-refractivity contribution in [1.82, 2.24) is 0 Å². The molecule has 0 fully saturated rings. The van der Waals surface area contributed by atoms with Crippen LogP contribution >= 0.6 is 0 Å². The van der Waals surface area contributed by atoms with Crippen LogP contribution in [-0.4, -0.2) is 47.5 Å². The van der Waals surface area contributed by atoms with Crippen LogP contribution in [0.15, 0.2) is 30.3 Å². The van der Waals surface area contributed by atoms with E-state index in [0.29, 0.717) is 35.2 Å². The highest BCUT2D eigenvalue weighted by Crippen LogP contribution is 2.47. The third kappa shape index (κ3) is 4.05. The van der Waals surface area contributed by atoms with Gasteiger partial charge in [-0.05, 0) is 35.4 Å². The van der Waals surface area contributed by atoms with Gasteiger partial charge in [0.1, 0.15) is 6.04 Å². The second-order valence-corrected chi connectivity index (χ2v) is 7.73. The molecule has 0 aromatic heterocycles. The Morgan fingerprint density at radius 3 is 2.68 bits per heavy atom. The van der Waals surface area contributed by atoms with E-state index in [0.717, 1.165) is 29.7 Å². The summed E-state index contributed by atoms with van der Waals surface area (Å²) in [5.41, 5.74) is 3.08. The van der Waals surface area contributed by atoms with Crippen molar-refractivity contribution >= 4 is 11.9 Å². The monoisotopic (exact) mass is 426 g/mol. The third-order valence-corrected chi connectivity index (χ3v) is 5.95. The molecule has 31 heavy (non-hydrogen) atoms. The molecule has 0 amide bonds. The van der Waals surface area contributed by atoms with Crippen LogP contribution in [0.5, 0.6) is 28.7 Å². The molecular weight excluding hydrogens is 398 g/mol. The number of carbonyl (C=O) groups is 1. The Balaban J connectivity index is 1.57. The van der Waals surface area contributed by atoms with Gasteiger partial charge in [-0.25, -0.2) is 0 Å². The SMILES string of the molecule is COc1ccc(/C=C/C(=O)C[C@@H]2c3c(cc4c(c3OC)OCO4)CC[NH+]2C)cc1OC. The first kappa shape index (κ1) is 21.1. The number of carbonyl (C=O) groups excluding carboxylic acids is 1.